The van der Waals surface area contributed by atoms with Crippen molar-refractivity contribution >= 4 is 29.3 Å². The number of piperidine rings is 2. The van der Waals surface area contributed by atoms with Crippen molar-refractivity contribution in [2.24, 2.45) is 29.6 Å². The van der Waals surface area contributed by atoms with Crippen LogP contribution >= 0.6 is 11.6 Å². The van der Waals surface area contributed by atoms with Gasteiger partial charge in [0, 0.05) is 56.5 Å². The summed E-state index contributed by atoms with van der Waals surface area (Å²) < 4.78 is 0. The molecule has 7 unspecified atom stereocenters. The lowest BCUT2D eigenvalue weighted by molar-refractivity contribution is -0.132. The molecule has 8 heteroatoms. The average Bonchev–Trinajstić information content (AvgIpc) is 2.78. The van der Waals surface area contributed by atoms with Crippen LogP contribution in [-0.2, 0) is 14.4 Å². The number of hydrogen-bond acceptors (Lipinski definition) is 4. The molecular weight excluding hydrogens is 452 g/mol. The Bertz CT molecular complexity index is 727. The molecule has 0 spiro atoms. The molecule has 0 radical (unpaired) electrons. The van der Waals surface area contributed by atoms with Crippen LogP contribution in [0.5, 0.6) is 0 Å². The van der Waals surface area contributed by atoms with Gasteiger partial charge >= 0.3 is 0 Å². The summed E-state index contributed by atoms with van der Waals surface area (Å²) in [6, 6.07) is 0.459. The fourth-order valence-corrected chi connectivity index (χ4v) is 6.82. The maximum absolute atomic E-state index is 13.3. The highest BCUT2D eigenvalue weighted by atomic mass is 35.5. The normalized spacial score (nSPS) is 35.2. The van der Waals surface area contributed by atoms with Crippen LogP contribution in [0.3, 0.4) is 0 Å². The number of nitrogens with zero attached hydrogens (tertiary/aromatic N) is 2. The Kier molecular flexibility index (Phi) is 9.67. The van der Waals surface area contributed by atoms with E-state index in [1.54, 1.807) is 6.92 Å². The molecule has 0 aromatic carbocycles. The summed E-state index contributed by atoms with van der Waals surface area (Å²) in [5.74, 6) is 0.956. The summed E-state index contributed by atoms with van der Waals surface area (Å²) in [4.78, 5) is 41.8. The van der Waals surface area contributed by atoms with Crippen LogP contribution in [-0.4, -0.2) is 77.7 Å². The summed E-state index contributed by atoms with van der Waals surface area (Å²) in [5.41, 5.74) is 0. The zero-order valence-corrected chi connectivity index (χ0v) is 22.4. The van der Waals surface area contributed by atoms with E-state index in [4.69, 9.17) is 11.6 Å². The molecule has 1 aliphatic carbocycles. The van der Waals surface area contributed by atoms with Crippen LogP contribution < -0.4 is 10.6 Å². The molecule has 7 atom stereocenters. The molecule has 3 amide bonds. The Morgan fingerprint density at radius 3 is 2.41 bits per heavy atom. The largest absolute Gasteiger partial charge is 0.355 e. The maximum atomic E-state index is 13.3. The van der Waals surface area contributed by atoms with E-state index in [9.17, 15) is 14.4 Å². The fourth-order valence-electron chi connectivity index (χ4n) is 6.44. The molecule has 3 aliphatic rings. The first-order valence-electron chi connectivity index (χ1n) is 13.3. The number of halogens is 1. The van der Waals surface area contributed by atoms with Crippen molar-refractivity contribution in [3.05, 3.63) is 0 Å². The predicted molar refractivity (Wildman–Crippen MR) is 135 cm³/mol. The summed E-state index contributed by atoms with van der Waals surface area (Å²) >= 11 is 6.71. The van der Waals surface area contributed by atoms with E-state index in [-0.39, 0.29) is 58.9 Å². The fraction of sp³-hybridized carbons (Fsp3) is 0.885. The minimum Gasteiger partial charge on any atom is -0.355 e. The quantitative estimate of drug-likeness (QED) is 0.531. The SMILES string of the molecule is CCN(CC1CCN(C(C)=O)CC1)C1CC(Cl)CC(C(=O)NCC2C(=O)NC(C)CC2C)C1C. The zero-order chi connectivity index (χ0) is 25.0. The molecule has 0 bridgehead atoms. The second-order valence-electron chi connectivity index (χ2n) is 11.1. The van der Waals surface area contributed by atoms with Gasteiger partial charge in [-0.25, -0.2) is 0 Å². The van der Waals surface area contributed by atoms with E-state index in [0.717, 1.165) is 51.9 Å². The van der Waals surface area contributed by atoms with Gasteiger partial charge in [-0.05, 0) is 63.3 Å². The third-order valence-electron chi connectivity index (χ3n) is 8.65. The van der Waals surface area contributed by atoms with Gasteiger partial charge in [0.1, 0.15) is 0 Å². The standard InChI is InChI=1S/C26H45ClN4O3/c1-6-30(15-20-7-9-31(10-8-20)19(5)32)24-13-21(27)12-22(18(24)4)25(33)28-14-23-16(2)11-17(3)29-26(23)34/h16-18,20-24H,6-15H2,1-5H3,(H,28,33)(H,29,34). The number of carbonyl (C=O) groups is 3. The minimum absolute atomic E-state index is 0.0247. The molecular formula is C26H45ClN4O3. The second-order valence-corrected chi connectivity index (χ2v) is 11.7. The van der Waals surface area contributed by atoms with Gasteiger partial charge in [0.2, 0.25) is 17.7 Å². The number of carbonyl (C=O) groups excluding carboxylic acids is 3. The lowest BCUT2D eigenvalue weighted by atomic mass is 9.75. The van der Waals surface area contributed by atoms with Crippen molar-refractivity contribution in [2.45, 2.75) is 84.2 Å². The third-order valence-corrected chi connectivity index (χ3v) is 9.00. The second kappa shape index (κ2) is 12.1. The molecule has 34 heavy (non-hydrogen) atoms. The maximum Gasteiger partial charge on any atom is 0.225 e. The third kappa shape index (κ3) is 6.66. The van der Waals surface area contributed by atoms with Gasteiger partial charge in [0.15, 0.2) is 0 Å². The van der Waals surface area contributed by atoms with Crippen molar-refractivity contribution < 1.29 is 14.4 Å². The van der Waals surface area contributed by atoms with E-state index in [1.807, 2.05) is 11.8 Å². The van der Waals surface area contributed by atoms with Gasteiger partial charge in [-0.2, -0.15) is 0 Å². The number of nitrogens with one attached hydrogen (secondary N) is 2. The van der Waals surface area contributed by atoms with E-state index < -0.39 is 0 Å². The van der Waals surface area contributed by atoms with Crippen LogP contribution in [0.25, 0.3) is 0 Å². The van der Waals surface area contributed by atoms with E-state index in [0.29, 0.717) is 18.9 Å². The van der Waals surface area contributed by atoms with E-state index in [1.165, 1.54) is 0 Å². The van der Waals surface area contributed by atoms with Crippen molar-refractivity contribution in [3.63, 3.8) is 0 Å². The van der Waals surface area contributed by atoms with Gasteiger partial charge in [0.25, 0.3) is 0 Å². The zero-order valence-electron chi connectivity index (χ0n) is 21.7. The number of rotatable bonds is 7. The highest BCUT2D eigenvalue weighted by molar-refractivity contribution is 6.20. The topological polar surface area (TPSA) is 81.8 Å². The number of hydrogen-bond donors (Lipinski definition) is 2. The monoisotopic (exact) mass is 496 g/mol. The average molecular weight is 497 g/mol. The van der Waals surface area contributed by atoms with Crippen molar-refractivity contribution in [1.82, 2.24) is 20.4 Å². The number of likely N-dealkylation sites (tertiary alicyclic amines) is 1. The molecule has 194 valence electrons. The van der Waals surface area contributed by atoms with E-state index in [2.05, 4.69) is 36.3 Å². The Morgan fingerprint density at radius 2 is 1.82 bits per heavy atom. The smallest absolute Gasteiger partial charge is 0.225 e. The van der Waals surface area contributed by atoms with Crippen LogP contribution in [0, 0.1) is 29.6 Å². The lowest BCUT2D eigenvalue weighted by Gasteiger charge is -2.45. The first-order chi connectivity index (χ1) is 16.1. The van der Waals surface area contributed by atoms with Gasteiger partial charge in [-0.15, -0.1) is 11.6 Å². The van der Waals surface area contributed by atoms with Crippen LogP contribution in [0.4, 0.5) is 0 Å². The molecule has 2 N–H and O–H groups in total. The Morgan fingerprint density at radius 1 is 1.15 bits per heavy atom. The van der Waals surface area contributed by atoms with Gasteiger partial charge < -0.3 is 20.4 Å². The first kappa shape index (κ1) is 27.3. The van der Waals surface area contributed by atoms with E-state index >= 15 is 0 Å². The lowest BCUT2D eigenvalue weighted by Crippen LogP contribution is -2.54. The summed E-state index contributed by atoms with van der Waals surface area (Å²) in [5, 5.41) is 6.10. The highest BCUT2D eigenvalue weighted by Crippen LogP contribution is 2.37. The Labute approximate surface area is 210 Å². The Balaban J connectivity index is 1.58. The first-order valence-corrected chi connectivity index (χ1v) is 13.8. The van der Waals surface area contributed by atoms with Gasteiger partial charge in [-0.3, -0.25) is 14.4 Å². The van der Waals surface area contributed by atoms with Crippen LogP contribution in [0.1, 0.15) is 66.7 Å². The predicted octanol–water partition coefficient (Wildman–Crippen LogP) is 2.87. The van der Waals surface area contributed by atoms with Crippen molar-refractivity contribution in [1.29, 1.82) is 0 Å². The van der Waals surface area contributed by atoms with Crippen LogP contribution in [0.2, 0.25) is 0 Å². The molecule has 2 aliphatic heterocycles. The molecule has 7 nitrogen and oxygen atoms in total. The summed E-state index contributed by atoms with van der Waals surface area (Å²) in [6.07, 6.45) is 4.59. The molecule has 2 heterocycles. The molecule has 0 aromatic rings. The molecule has 0 aromatic heterocycles. The molecule has 2 saturated heterocycles. The Hall–Kier alpha value is -1.34. The highest BCUT2D eigenvalue weighted by Gasteiger charge is 2.41. The van der Waals surface area contributed by atoms with Crippen molar-refractivity contribution in [2.75, 3.05) is 32.7 Å². The van der Waals surface area contributed by atoms with Crippen LogP contribution in [0.15, 0.2) is 0 Å². The number of alkyl halides is 1. The van der Waals surface area contributed by atoms with Gasteiger partial charge in [-0.1, -0.05) is 20.8 Å². The molecule has 1 saturated carbocycles. The summed E-state index contributed by atoms with van der Waals surface area (Å²) in [7, 11) is 0. The minimum atomic E-state index is -0.172. The molecule has 3 rings (SSSR count). The molecule has 3 fully saturated rings. The van der Waals surface area contributed by atoms with Crippen molar-refractivity contribution in [3.8, 4) is 0 Å². The summed E-state index contributed by atoms with van der Waals surface area (Å²) in [6.45, 7) is 14.1. The van der Waals surface area contributed by atoms with Gasteiger partial charge in [0.05, 0.1) is 5.92 Å². The number of amides is 3.